The minimum absolute atomic E-state index is 0.429. The molecule has 0 radical (unpaired) electrons. The van der Waals surface area contributed by atoms with Crippen molar-refractivity contribution in [3.05, 3.63) is 29.8 Å². The SMILES string of the molecule is CC1CCC(OCCCOc2cccc(C#N)c2)CC1C. The number of rotatable bonds is 6. The van der Waals surface area contributed by atoms with Crippen LogP contribution >= 0.6 is 0 Å². The first-order chi connectivity index (χ1) is 10.2. The quantitative estimate of drug-likeness (QED) is 0.737. The van der Waals surface area contributed by atoms with Gasteiger partial charge < -0.3 is 9.47 Å². The van der Waals surface area contributed by atoms with E-state index in [9.17, 15) is 0 Å². The molecule has 0 N–H and O–H groups in total. The Morgan fingerprint density at radius 1 is 1.19 bits per heavy atom. The van der Waals surface area contributed by atoms with Crippen molar-refractivity contribution in [2.45, 2.75) is 45.6 Å². The standard InChI is InChI=1S/C18H25NO2/c1-14-7-8-18(11-15(14)2)21-10-4-9-20-17-6-3-5-16(12-17)13-19/h3,5-6,12,14-15,18H,4,7-11H2,1-2H3. The van der Waals surface area contributed by atoms with Gasteiger partial charge >= 0.3 is 0 Å². The Balaban J connectivity index is 1.61. The zero-order chi connectivity index (χ0) is 15.1. The minimum Gasteiger partial charge on any atom is -0.493 e. The first-order valence-corrected chi connectivity index (χ1v) is 7.93. The molecule has 114 valence electrons. The summed E-state index contributed by atoms with van der Waals surface area (Å²) < 4.78 is 11.6. The highest BCUT2D eigenvalue weighted by Crippen LogP contribution is 2.30. The van der Waals surface area contributed by atoms with Crippen LogP contribution in [-0.2, 0) is 4.74 Å². The third kappa shape index (κ3) is 5.06. The highest BCUT2D eigenvalue weighted by Gasteiger charge is 2.24. The maximum Gasteiger partial charge on any atom is 0.120 e. The van der Waals surface area contributed by atoms with E-state index in [1.165, 1.54) is 19.3 Å². The van der Waals surface area contributed by atoms with Gasteiger partial charge in [0.2, 0.25) is 0 Å². The van der Waals surface area contributed by atoms with Crippen molar-refractivity contribution in [2.24, 2.45) is 11.8 Å². The minimum atomic E-state index is 0.429. The van der Waals surface area contributed by atoms with Crippen LogP contribution < -0.4 is 4.74 Å². The molecule has 0 heterocycles. The van der Waals surface area contributed by atoms with Crippen LogP contribution in [0, 0.1) is 23.2 Å². The molecule has 21 heavy (non-hydrogen) atoms. The lowest BCUT2D eigenvalue weighted by Crippen LogP contribution is -2.27. The Labute approximate surface area is 127 Å². The molecule has 1 aliphatic rings. The molecule has 0 aliphatic heterocycles. The average molecular weight is 287 g/mol. The second-order valence-corrected chi connectivity index (χ2v) is 6.10. The van der Waals surface area contributed by atoms with Crippen molar-refractivity contribution in [2.75, 3.05) is 13.2 Å². The van der Waals surface area contributed by atoms with Crippen LogP contribution in [0.25, 0.3) is 0 Å². The molecule has 3 unspecified atom stereocenters. The van der Waals surface area contributed by atoms with E-state index in [1.807, 2.05) is 12.1 Å². The van der Waals surface area contributed by atoms with E-state index in [1.54, 1.807) is 12.1 Å². The van der Waals surface area contributed by atoms with E-state index in [-0.39, 0.29) is 0 Å². The van der Waals surface area contributed by atoms with Crippen molar-refractivity contribution in [1.29, 1.82) is 5.26 Å². The van der Waals surface area contributed by atoms with Crippen LogP contribution in [-0.4, -0.2) is 19.3 Å². The third-order valence-corrected chi connectivity index (χ3v) is 4.42. The zero-order valence-corrected chi connectivity index (χ0v) is 13.0. The molecule has 1 saturated carbocycles. The normalized spacial score (nSPS) is 25.3. The molecular formula is C18H25NO2. The molecule has 3 nitrogen and oxygen atoms in total. The molecule has 3 heteroatoms. The zero-order valence-electron chi connectivity index (χ0n) is 13.0. The number of nitriles is 1. The number of hydrogen-bond acceptors (Lipinski definition) is 3. The van der Waals surface area contributed by atoms with Gasteiger partial charge in [-0.3, -0.25) is 0 Å². The van der Waals surface area contributed by atoms with Crippen LogP contribution in [0.1, 0.15) is 45.1 Å². The number of nitrogens with zero attached hydrogens (tertiary/aromatic N) is 1. The fourth-order valence-corrected chi connectivity index (χ4v) is 2.80. The summed E-state index contributed by atoms with van der Waals surface area (Å²) in [6.45, 7) is 6.05. The van der Waals surface area contributed by atoms with E-state index in [0.29, 0.717) is 18.3 Å². The molecule has 0 aromatic heterocycles. The van der Waals surface area contributed by atoms with Gasteiger partial charge in [-0.15, -0.1) is 0 Å². The van der Waals surface area contributed by atoms with E-state index in [0.717, 1.165) is 30.6 Å². The molecule has 0 saturated heterocycles. The Kier molecular flexibility index (Phi) is 6.07. The highest BCUT2D eigenvalue weighted by atomic mass is 16.5. The van der Waals surface area contributed by atoms with Crippen molar-refractivity contribution < 1.29 is 9.47 Å². The summed E-state index contributed by atoms with van der Waals surface area (Å²) in [5.41, 5.74) is 0.633. The van der Waals surface area contributed by atoms with Gasteiger partial charge in [-0.1, -0.05) is 19.9 Å². The molecular weight excluding hydrogens is 262 g/mol. The number of hydrogen-bond donors (Lipinski definition) is 0. The largest absolute Gasteiger partial charge is 0.493 e. The predicted octanol–water partition coefficient (Wildman–Crippen LogP) is 4.17. The first kappa shape index (κ1) is 15.9. The second-order valence-electron chi connectivity index (χ2n) is 6.10. The van der Waals surface area contributed by atoms with Gasteiger partial charge in [0.05, 0.1) is 31.0 Å². The fourth-order valence-electron chi connectivity index (χ4n) is 2.80. The van der Waals surface area contributed by atoms with Gasteiger partial charge in [0.1, 0.15) is 5.75 Å². The molecule has 2 rings (SSSR count). The van der Waals surface area contributed by atoms with E-state index >= 15 is 0 Å². The van der Waals surface area contributed by atoms with Crippen LogP contribution in [0.2, 0.25) is 0 Å². The Morgan fingerprint density at radius 3 is 2.81 bits per heavy atom. The number of benzene rings is 1. The second kappa shape index (κ2) is 8.05. The summed E-state index contributed by atoms with van der Waals surface area (Å²) in [5, 5.41) is 8.83. The average Bonchev–Trinajstić information content (AvgIpc) is 2.50. The lowest BCUT2D eigenvalue weighted by molar-refractivity contribution is -0.00160. The molecule has 1 fully saturated rings. The van der Waals surface area contributed by atoms with E-state index in [2.05, 4.69) is 19.9 Å². The van der Waals surface area contributed by atoms with Gasteiger partial charge in [0.15, 0.2) is 0 Å². The summed E-state index contributed by atoms with van der Waals surface area (Å²) in [6, 6.07) is 9.39. The van der Waals surface area contributed by atoms with Gasteiger partial charge in [-0.05, 0) is 49.3 Å². The highest BCUT2D eigenvalue weighted by molar-refractivity contribution is 5.36. The van der Waals surface area contributed by atoms with Gasteiger partial charge in [0.25, 0.3) is 0 Å². The van der Waals surface area contributed by atoms with E-state index < -0.39 is 0 Å². The van der Waals surface area contributed by atoms with Crippen molar-refractivity contribution in [3.8, 4) is 11.8 Å². The van der Waals surface area contributed by atoms with Crippen molar-refractivity contribution in [1.82, 2.24) is 0 Å². The summed E-state index contributed by atoms with van der Waals surface area (Å²) in [4.78, 5) is 0. The lowest BCUT2D eigenvalue weighted by atomic mass is 9.80. The Morgan fingerprint density at radius 2 is 2.05 bits per heavy atom. The summed E-state index contributed by atoms with van der Waals surface area (Å²) >= 11 is 0. The molecule has 0 bridgehead atoms. The lowest BCUT2D eigenvalue weighted by Gasteiger charge is -2.31. The first-order valence-electron chi connectivity index (χ1n) is 7.93. The van der Waals surface area contributed by atoms with Gasteiger partial charge in [-0.2, -0.15) is 5.26 Å². The van der Waals surface area contributed by atoms with Crippen molar-refractivity contribution in [3.63, 3.8) is 0 Å². The van der Waals surface area contributed by atoms with Crippen molar-refractivity contribution >= 4 is 0 Å². The van der Waals surface area contributed by atoms with Crippen LogP contribution in [0.5, 0.6) is 5.75 Å². The maximum atomic E-state index is 8.83. The fraction of sp³-hybridized carbons (Fsp3) is 0.611. The molecule has 1 aromatic carbocycles. The Hall–Kier alpha value is -1.53. The molecule has 0 spiro atoms. The van der Waals surface area contributed by atoms with Crippen LogP contribution in [0.3, 0.4) is 0 Å². The van der Waals surface area contributed by atoms with Gasteiger partial charge in [-0.25, -0.2) is 0 Å². The van der Waals surface area contributed by atoms with Gasteiger partial charge in [0, 0.05) is 6.42 Å². The van der Waals surface area contributed by atoms with E-state index in [4.69, 9.17) is 14.7 Å². The molecule has 3 atom stereocenters. The smallest absolute Gasteiger partial charge is 0.120 e. The monoisotopic (exact) mass is 287 g/mol. The third-order valence-electron chi connectivity index (χ3n) is 4.42. The molecule has 1 aliphatic carbocycles. The Bertz CT molecular complexity index is 480. The van der Waals surface area contributed by atoms with Crippen LogP contribution in [0.15, 0.2) is 24.3 Å². The summed E-state index contributed by atoms with van der Waals surface area (Å²) in [6.07, 6.45) is 4.97. The predicted molar refractivity (Wildman–Crippen MR) is 83.2 cm³/mol. The van der Waals surface area contributed by atoms with Crippen LogP contribution in [0.4, 0.5) is 0 Å². The summed E-state index contributed by atoms with van der Waals surface area (Å²) in [5.74, 6) is 2.36. The topological polar surface area (TPSA) is 42.2 Å². The molecule has 1 aromatic rings. The maximum absolute atomic E-state index is 8.83. The summed E-state index contributed by atoms with van der Waals surface area (Å²) in [7, 11) is 0. The molecule has 0 amide bonds. The number of ether oxygens (including phenoxy) is 2.